The molecule has 1 heterocycles. The quantitative estimate of drug-likeness (QED) is 0.267. The summed E-state index contributed by atoms with van der Waals surface area (Å²) in [6, 6.07) is 34.7. The fraction of sp³-hybridized carbons (Fsp3) is 0. The number of imide groups is 1. The minimum Gasteiger partial charge on any atom is -0.335 e. The van der Waals surface area contributed by atoms with Crippen molar-refractivity contribution in [2.45, 2.75) is 0 Å². The molecular formula is C27H19NO4Si. The van der Waals surface area contributed by atoms with Crippen LogP contribution in [0.15, 0.2) is 115 Å². The van der Waals surface area contributed by atoms with Crippen molar-refractivity contribution in [1.29, 1.82) is 0 Å². The van der Waals surface area contributed by atoms with E-state index >= 15 is 0 Å². The first kappa shape index (κ1) is 20.6. The number of hydrogen-bond donors (Lipinski definition) is 0. The maximum absolute atomic E-state index is 14.2. The van der Waals surface area contributed by atoms with E-state index in [1.807, 2.05) is 91.0 Å². The van der Waals surface area contributed by atoms with E-state index in [2.05, 4.69) is 0 Å². The maximum atomic E-state index is 14.2. The SMILES string of the molecule is O=C1c2ccccc2C(=O)N1OC(=O)[Si](c1ccccc1)(c1ccccc1)c1ccccc1. The summed E-state index contributed by atoms with van der Waals surface area (Å²) >= 11 is 0. The van der Waals surface area contributed by atoms with Crippen molar-refractivity contribution < 1.29 is 19.2 Å². The third kappa shape index (κ3) is 3.28. The number of amides is 2. The van der Waals surface area contributed by atoms with Crippen LogP contribution < -0.4 is 15.6 Å². The molecule has 2 amide bonds. The van der Waals surface area contributed by atoms with Gasteiger partial charge in [0.2, 0.25) is 0 Å². The molecule has 0 saturated heterocycles. The Labute approximate surface area is 191 Å². The van der Waals surface area contributed by atoms with E-state index in [-0.39, 0.29) is 11.1 Å². The molecule has 1 aliphatic rings. The molecular weight excluding hydrogens is 430 g/mol. The lowest BCUT2D eigenvalue weighted by molar-refractivity contribution is -0.0362. The highest BCUT2D eigenvalue weighted by Gasteiger charge is 2.52. The second-order valence-corrected chi connectivity index (χ2v) is 11.3. The van der Waals surface area contributed by atoms with E-state index in [9.17, 15) is 14.4 Å². The minimum atomic E-state index is -3.46. The van der Waals surface area contributed by atoms with Crippen LogP contribution in [-0.2, 0) is 4.84 Å². The van der Waals surface area contributed by atoms with Gasteiger partial charge < -0.3 is 4.84 Å². The van der Waals surface area contributed by atoms with E-state index in [4.69, 9.17) is 4.84 Å². The summed E-state index contributed by atoms with van der Waals surface area (Å²) in [6.45, 7) is 0. The second-order valence-electron chi connectivity index (χ2n) is 7.68. The number of hydrogen-bond acceptors (Lipinski definition) is 4. The summed E-state index contributed by atoms with van der Waals surface area (Å²) in [5.74, 6) is -1.28. The molecule has 160 valence electrons. The molecule has 0 bridgehead atoms. The summed E-state index contributed by atoms with van der Waals surface area (Å²) in [5, 5.41) is 2.99. The molecule has 0 aromatic heterocycles. The monoisotopic (exact) mass is 449 g/mol. The number of rotatable bonds is 5. The van der Waals surface area contributed by atoms with Crippen molar-refractivity contribution in [3.05, 3.63) is 126 Å². The van der Waals surface area contributed by atoms with E-state index in [0.717, 1.165) is 15.6 Å². The first-order valence-corrected chi connectivity index (χ1v) is 12.5. The molecule has 0 N–H and O–H groups in total. The van der Waals surface area contributed by atoms with Gasteiger partial charge in [0.1, 0.15) is 0 Å². The Morgan fingerprint density at radius 1 is 0.545 bits per heavy atom. The Balaban J connectivity index is 1.68. The third-order valence-electron chi connectivity index (χ3n) is 5.86. The molecule has 5 rings (SSSR count). The van der Waals surface area contributed by atoms with Gasteiger partial charge in [-0.2, -0.15) is 0 Å². The highest BCUT2D eigenvalue weighted by atomic mass is 28.3. The maximum Gasteiger partial charge on any atom is 0.315 e. The fourth-order valence-electron chi connectivity index (χ4n) is 4.32. The van der Waals surface area contributed by atoms with E-state index in [1.165, 1.54) is 0 Å². The second kappa shape index (κ2) is 8.33. The van der Waals surface area contributed by atoms with Gasteiger partial charge in [0.15, 0.2) is 0 Å². The van der Waals surface area contributed by atoms with Crippen molar-refractivity contribution in [2.24, 2.45) is 0 Å². The van der Waals surface area contributed by atoms with E-state index in [0.29, 0.717) is 5.06 Å². The van der Waals surface area contributed by atoms with Crippen LogP contribution in [0.4, 0.5) is 4.79 Å². The highest BCUT2D eigenvalue weighted by molar-refractivity contribution is 7.29. The highest BCUT2D eigenvalue weighted by Crippen LogP contribution is 2.24. The van der Waals surface area contributed by atoms with E-state index < -0.39 is 25.5 Å². The number of benzene rings is 4. The minimum absolute atomic E-state index is 0.224. The number of carbonyl (C=O) groups excluding carboxylic acids is 3. The molecule has 6 heteroatoms. The fourth-order valence-corrected chi connectivity index (χ4v) is 8.33. The predicted octanol–water partition coefficient (Wildman–Crippen LogP) is 3.09. The summed E-state index contributed by atoms with van der Waals surface area (Å²) in [6.07, 6.45) is 0. The first-order valence-electron chi connectivity index (χ1n) is 10.5. The molecule has 0 fully saturated rings. The molecule has 1 aliphatic heterocycles. The van der Waals surface area contributed by atoms with Gasteiger partial charge in [-0.15, -0.1) is 0 Å². The molecule has 5 nitrogen and oxygen atoms in total. The van der Waals surface area contributed by atoms with Crippen LogP contribution >= 0.6 is 0 Å². The number of nitrogens with zero attached hydrogens (tertiary/aromatic N) is 1. The topological polar surface area (TPSA) is 63.7 Å². The van der Waals surface area contributed by atoms with Gasteiger partial charge in [0, 0.05) is 0 Å². The van der Waals surface area contributed by atoms with Gasteiger partial charge in [-0.1, -0.05) is 108 Å². The smallest absolute Gasteiger partial charge is 0.315 e. The lowest BCUT2D eigenvalue weighted by Crippen LogP contribution is -2.73. The van der Waals surface area contributed by atoms with Crippen LogP contribution in [-0.4, -0.2) is 30.5 Å². The summed E-state index contributed by atoms with van der Waals surface area (Å²) < 4.78 is 0. The zero-order valence-electron chi connectivity index (χ0n) is 17.5. The van der Waals surface area contributed by atoms with E-state index in [1.54, 1.807) is 24.3 Å². The molecule has 0 atom stereocenters. The molecule has 0 spiro atoms. The standard InChI is InChI=1S/C27H19NO4Si/c29-25-23-18-10-11-19-24(23)26(30)28(25)32-27(31)33(20-12-4-1-5-13-20,21-14-6-2-7-15-21)22-16-8-3-9-17-22/h1-19H. The average Bonchev–Trinajstić information content (AvgIpc) is 3.11. The third-order valence-corrected chi connectivity index (χ3v) is 10.2. The van der Waals surface area contributed by atoms with Crippen LogP contribution in [0.1, 0.15) is 20.7 Å². The lowest BCUT2D eigenvalue weighted by Gasteiger charge is -2.31. The summed E-state index contributed by atoms with van der Waals surface area (Å²) in [4.78, 5) is 45.7. The molecule has 4 aromatic rings. The Morgan fingerprint density at radius 2 is 0.879 bits per heavy atom. The van der Waals surface area contributed by atoms with Gasteiger partial charge in [-0.25, -0.2) is 0 Å². The molecule has 0 radical (unpaired) electrons. The van der Waals surface area contributed by atoms with Crippen LogP contribution in [0.3, 0.4) is 0 Å². The Bertz CT molecular complexity index is 1210. The zero-order valence-corrected chi connectivity index (χ0v) is 18.5. The largest absolute Gasteiger partial charge is 0.335 e. The van der Waals surface area contributed by atoms with Gasteiger partial charge in [0.25, 0.3) is 19.9 Å². The van der Waals surface area contributed by atoms with Gasteiger partial charge in [-0.3, -0.25) is 14.4 Å². The Kier molecular flexibility index (Phi) is 5.20. The number of carbonyl (C=O) groups is 3. The van der Waals surface area contributed by atoms with Crippen LogP contribution in [0.5, 0.6) is 0 Å². The predicted molar refractivity (Wildman–Crippen MR) is 127 cm³/mol. The Morgan fingerprint density at radius 3 is 1.24 bits per heavy atom. The van der Waals surface area contributed by atoms with Crippen LogP contribution in [0, 0.1) is 0 Å². The molecule has 0 aliphatic carbocycles. The van der Waals surface area contributed by atoms with Gasteiger partial charge >= 0.3 is 5.59 Å². The zero-order chi connectivity index (χ0) is 22.8. The normalized spacial score (nSPS) is 13.0. The van der Waals surface area contributed by atoms with Crippen molar-refractivity contribution in [3.8, 4) is 0 Å². The number of hydroxylamine groups is 2. The van der Waals surface area contributed by atoms with Crippen LogP contribution in [0.2, 0.25) is 0 Å². The Hall–Kier alpha value is -4.29. The van der Waals surface area contributed by atoms with Crippen molar-refractivity contribution >= 4 is 41.0 Å². The summed E-state index contributed by atoms with van der Waals surface area (Å²) in [5.41, 5.74) is -0.163. The summed E-state index contributed by atoms with van der Waals surface area (Å²) in [7, 11) is -3.46. The van der Waals surface area contributed by atoms with Crippen molar-refractivity contribution in [3.63, 3.8) is 0 Å². The lowest BCUT2D eigenvalue weighted by atomic mass is 10.1. The molecule has 0 saturated carbocycles. The molecule has 0 unspecified atom stereocenters. The van der Waals surface area contributed by atoms with Crippen LogP contribution in [0.25, 0.3) is 0 Å². The van der Waals surface area contributed by atoms with Gasteiger partial charge in [0.05, 0.1) is 11.1 Å². The molecule has 33 heavy (non-hydrogen) atoms. The number of fused-ring (bicyclic) bond motifs is 1. The van der Waals surface area contributed by atoms with Crippen molar-refractivity contribution in [1.82, 2.24) is 5.06 Å². The first-order chi connectivity index (χ1) is 16.1. The molecule has 4 aromatic carbocycles. The van der Waals surface area contributed by atoms with Crippen molar-refractivity contribution in [2.75, 3.05) is 0 Å². The average molecular weight is 450 g/mol. The van der Waals surface area contributed by atoms with Gasteiger partial charge in [-0.05, 0) is 27.7 Å².